The minimum Gasteiger partial charge on any atom is -0.463 e. The van der Waals surface area contributed by atoms with Gasteiger partial charge in [0.1, 0.15) is 5.60 Å². The third kappa shape index (κ3) is 7.12. The van der Waals surface area contributed by atoms with Crippen LogP contribution in [0.25, 0.3) is 0 Å². The van der Waals surface area contributed by atoms with Crippen LogP contribution in [0.3, 0.4) is 0 Å². The summed E-state index contributed by atoms with van der Waals surface area (Å²) in [6.45, 7) is 7.57. The van der Waals surface area contributed by atoms with Crippen molar-refractivity contribution in [2.75, 3.05) is 6.61 Å². The van der Waals surface area contributed by atoms with Gasteiger partial charge in [-0.15, -0.1) is 0 Å². The number of esters is 2. The monoisotopic (exact) mass is 280 g/mol. The molecule has 0 aromatic rings. The van der Waals surface area contributed by atoms with Gasteiger partial charge < -0.3 is 9.47 Å². The Morgan fingerprint density at radius 2 is 1.90 bits per heavy atom. The third-order valence-electron chi connectivity index (χ3n) is 2.68. The molecule has 0 atom stereocenters. The Bertz CT molecular complexity index is 409. The first-order valence-electron chi connectivity index (χ1n) is 7.09. The van der Waals surface area contributed by atoms with Crippen molar-refractivity contribution in [1.29, 1.82) is 0 Å². The summed E-state index contributed by atoms with van der Waals surface area (Å²) in [5.74, 6) is -0.128. The molecule has 0 spiro atoms. The van der Waals surface area contributed by atoms with Crippen LogP contribution in [-0.4, -0.2) is 24.1 Å². The number of carbonyl (C=O) groups is 2. The first-order chi connectivity index (χ1) is 9.31. The van der Waals surface area contributed by atoms with E-state index in [0.717, 1.165) is 19.3 Å². The summed E-state index contributed by atoms with van der Waals surface area (Å²) in [5.41, 5.74) is 0.109. The minimum atomic E-state index is -0.511. The van der Waals surface area contributed by atoms with E-state index >= 15 is 0 Å². The number of ether oxygens (including phenoxy) is 2. The second-order valence-corrected chi connectivity index (χ2v) is 5.95. The van der Waals surface area contributed by atoms with E-state index in [2.05, 4.69) is 0 Å². The van der Waals surface area contributed by atoms with Gasteiger partial charge >= 0.3 is 11.9 Å². The van der Waals surface area contributed by atoms with Crippen molar-refractivity contribution in [2.24, 2.45) is 5.92 Å². The highest BCUT2D eigenvalue weighted by molar-refractivity contribution is 5.89. The third-order valence-corrected chi connectivity index (χ3v) is 2.68. The molecule has 0 saturated heterocycles. The van der Waals surface area contributed by atoms with E-state index in [1.165, 1.54) is 6.08 Å². The summed E-state index contributed by atoms with van der Waals surface area (Å²) in [6, 6.07) is 0. The van der Waals surface area contributed by atoms with Crippen LogP contribution in [0.2, 0.25) is 0 Å². The summed E-state index contributed by atoms with van der Waals surface area (Å²) >= 11 is 0. The van der Waals surface area contributed by atoms with Crippen LogP contribution in [0.1, 0.15) is 47.0 Å². The molecule has 0 radical (unpaired) electrons. The molecule has 0 N–H and O–H groups in total. The fourth-order valence-electron chi connectivity index (χ4n) is 1.65. The first-order valence-corrected chi connectivity index (χ1v) is 7.09. The topological polar surface area (TPSA) is 52.6 Å². The van der Waals surface area contributed by atoms with E-state index in [0.29, 0.717) is 18.1 Å². The zero-order chi connectivity index (χ0) is 15.2. The van der Waals surface area contributed by atoms with Crippen LogP contribution in [0.15, 0.2) is 23.8 Å². The molecule has 0 aromatic carbocycles. The molecule has 0 aromatic heterocycles. The van der Waals surface area contributed by atoms with Gasteiger partial charge in [0.05, 0.1) is 6.61 Å². The normalized spacial score (nSPS) is 16.3. The van der Waals surface area contributed by atoms with E-state index in [9.17, 15) is 9.59 Å². The number of hydrogen-bond acceptors (Lipinski definition) is 4. The maximum absolute atomic E-state index is 11.8. The maximum Gasteiger partial charge on any atom is 0.333 e. The average Bonchev–Trinajstić information content (AvgIpc) is 3.09. The highest BCUT2D eigenvalue weighted by Gasteiger charge is 2.25. The molecule has 20 heavy (non-hydrogen) atoms. The fourth-order valence-corrected chi connectivity index (χ4v) is 1.65. The van der Waals surface area contributed by atoms with Gasteiger partial charge in [0.25, 0.3) is 0 Å². The molecular formula is C16H24O4. The van der Waals surface area contributed by atoms with Crippen LogP contribution in [0.5, 0.6) is 0 Å². The van der Waals surface area contributed by atoms with E-state index < -0.39 is 11.6 Å². The first kappa shape index (κ1) is 16.5. The molecule has 0 bridgehead atoms. The molecule has 0 unspecified atom stereocenters. The van der Waals surface area contributed by atoms with Gasteiger partial charge in [0, 0.05) is 11.6 Å². The van der Waals surface area contributed by atoms with E-state index in [-0.39, 0.29) is 5.97 Å². The second-order valence-electron chi connectivity index (χ2n) is 5.95. The van der Waals surface area contributed by atoms with Crippen molar-refractivity contribution < 1.29 is 19.1 Å². The van der Waals surface area contributed by atoms with E-state index in [4.69, 9.17) is 9.47 Å². The predicted molar refractivity (Wildman–Crippen MR) is 77.0 cm³/mol. The lowest BCUT2D eigenvalue weighted by Crippen LogP contribution is -2.22. The van der Waals surface area contributed by atoms with Gasteiger partial charge in [-0.1, -0.05) is 12.2 Å². The summed E-state index contributed by atoms with van der Waals surface area (Å²) in [7, 11) is 0. The molecule has 1 aliphatic rings. The molecule has 0 aliphatic heterocycles. The highest BCUT2D eigenvalue weighted by Crippen LogP contribution is 2.35. The lowest BCUT2D eigenvalue weighted by Gasteiger charge is -2.17. The van der Waals surface area contributed by atoms with Crippen LogP contribution in [-0.2, 0) is 19.1 Å². The Kier molecular flexibility index (Phi) is 5.99. The van der Waals surface area contributed by atoms with Gasteiger partial charge in [0.15, 0.2) is 0 Å². The van der Waals surface area contributed by atoms with Gasteiger partial charge in [-0.05, 0) is 52.9 Å². The number of carbonyl (C=O) groups excluding carboxylic acids is 2. The Morgan fingerprint density at radius 1 is 1.25 bits per heavy atom. The fraction of sp³-hybridized carbons (Fsp3) is 0.625. The lowest BCUT2D eigenvalue weighted by atomic mass is 10.1. The average molecular weight is 280 g/mol. The quantitative estimate of drug-likeness (QED) is 0.426. The van der Waals surface area contributed by atoms with Gasteiger partial charge in [-0.25, -0.2) is 9.59 Å². The largest absolute Gasteiger partial charge is 0.463 e. The summed E-state index contributed by atoms with van der Waals surface area (Å²) < 4.78 is 10.2. The van der Waals surface area contributed by atoms with Gasteiger partial charge in [-0.3, -0.25) is 0 Å². The molecule has 0 heterocycles. The summed E-state index contributed by atoms with van der Waals surface area (Å²) in [6.07, 6.45) is 7.58. The van der Waals surface area contributed by atoms with Crippen LogP contribution in [0, 0.1) is 5.92 Å². The Hall–Kier alpha value is -1.58. The summed E-state index contributed by atoms with van der Waals surface area (Å²) in [4.78, 5) is 23.3. The van der Waals surface area contributed by atoms with Crippen molar-refractivity contribution in [3.63, 3.8) is 0 Å². The minimum absolute atomic E-state index is 0.298. The zero-order valence-corrected chi connectivity index (χ0v) is 12.8. The molecule has 1 saturated carbocycles. The van der Waals surface area contributed by atoms with Crippen molar-refractivity contribution >= 4 is 11.9 Å². The molecule has 1 fully saturated rings. The highest BCUT2D eigenvalue weighted by atomic mass is 16.6. The molecule has 0 amide bonds. The molecular weight excluding hydrogens is 256 g/mol. The van der Waals surface area contributed by atoms with Crippen LogP contribution < -0.4 is 0 Å². The smallest absolute Gasteiger partial charge is 0.333 e. The van der Waals surface area contributed by atoms with Crippen molar-refractivity contribution in [1.82, 2.24) is 0 Å². The Labute approximate surface area is 120 Å². The van der Waals surface area contributed by atoms with Crippen LogP contribution in [0.4, 0.5) is 0 Å². The molecule has 1 rings (SSSR count). The Morgan fingerprint density at radius 3 is 2.40 bits per heavy atom. The SMILES string of the molecule is CCOC(=O)/C(=C\C=C\C(=O)OC(C)(C)C)CC1CC1. The van der Waals surface area contributed by atoms with Crippen LogP contribution >= 0.6 is 0 Å². The standard InChI is InChI=1S/C16H24O4/c1-5-19-15(18)13(11-12-9-10-12)7-6-8-14(17)20-16(2,3)4/h6-8,12H,5,9-11H2,1-4H3/b8-6+,13-7-. The van der Waals surface area contributed by atoms with Crippen molar-refractivity contribution in [3.8, 4) is 0 Å². The number of hydrogen-bond donors (Lipinski definition) is 0. The number of rotatable bonds is 6. The second kappa shape index (κ2) is 7.27. The van der Waals surface area contributed by atoms with Crippen molar-refractivity contribution in [2.45, 2.75) is 52.6 Å². The van der Waals surface area contributed by atoms with Gasteiger partial charge in [0.2, 0.25) is 0 Å². The van der Waals surface area contributed by atoms with Gasteiger partial charge in [-0.2, -0.15) is 0 Å². The predicted octanol–water partition coefficient (Wildman–Crippen LogP) is 3.17. The number of allylic oxidation sites excluding steroid dienone is 2. The molecule has 4 heteroatoms. The Balaban J connectivity index is 2.60. The zero-order valence-electron chi connectivity index (χ0n) is 12.8. The van der Waals surface area contributed by atoms with E-state index in [1.807, 2.05) is 20.8 Å². The molecule has 1 aliphatic carbocycles. The summed E-state index contributed by atoms with van der Waals surface area (Å²) in [5, 5.41) is 0. The maximum atomic E-state index is 11.8. The molecule has 112 valence electrons. The lowest BCUT2D eigenvalue weighted by molar-refractivity contribution is -0.148. The van der Waals surface area contributed by atoms with Crippen molar-refractivity contribution in [3.05, 3.63) is 23.8 Å². The molecule has 4 nitrogen and oxygen atoms in total. The van der Waals surface area contributed by atoms with E-state index in [1.54, 1.807) is 19.1 Å².